The van der Waals surface area contributed by atoms with Crippen LogP contribution in [0.5, 0.6) is 0 Å². The topological polar surface area (TPSA) is 55.1 Å². The number of halogens is 1. The lowest BCUT2D eigenvalue weighted by Crippen LogP contribution is -2.05. The molecule has 0 saturated heterocycles. The molecule has 0 aliphatic heterocycles. The van der Waals surface area contributed by atoms with Gasteiger partial charge in [-0.1, -0.05) is 33.6 Å². The molecule has 110 valence electrons. The first-order valence-corrected chi connectivity index (χ1v) is 9.06. The van der Waals surface area contributed by atoms with Crippen LogP contribution < -0.4 is 0 Å². The van der Waals surface area contributed by atoms with Crippen molar-refractivity contribution in [3.8, 4) is 12.3 Å². The number of carboxylic acids is 1. The molecular formula is C14H13BrN2O2S2. The lowest BCUT2D eigenvalue weighted by Gasteiger charge is -2.07. The lowest BCUT2D eigenvalue weighted by atomic mass is 10.3. The van der Waals surface area contributed by atoms with E-state index in [4.69, 9.17) is 11.5 Å². The number of benzene rings is 1. The van der Waals surface area contributed by atoms with Gasteiger partial charge in [0.1, 0.15) is 0 Å². The number of imidazole rings is 1. The fourth-order valence-corrected chi connectivity index (χ4v) is 3.50. The lowest BCUT2D eigenvalue weighted by molar-refractivity contribution is -0.133. The van der Waals surface area contributed by atoms with E-state index >= 15 is 0 Å². The zero-order chi connectivity index (χ0) is 15.2. The fraction of sp³-hybridized carbons (Fsp3) is 0.286. The number of fused-ring (bicyclic) bond motifs is 1. The van der Waals surface area contributed by atoms with Gasteiger partial charge in [0.25, 0.3) is 0 Å². The summed E-state index contributed by atoms with van der Waals surface area (Å²) in [4.78, 5) is 15.3. The molecule has 2 aromatic rings. The first kappa shape index (κ1) is 16.3. The van der Waals surface area contributed by atoms with Crippen molar-refractivity contribution in [2.75, 3.05) is 17.3 Å². The Hall–Kier alpha value is -1.10. The van der Waals surface area contributed by atoms with Crippen molar-refractivity contribution < 1.29 is 9.90 Å². The van der Waals surface area contributed by atoms with Crippen molar-refractivity contribution in [3.05, 3.63) is 22.7 Å². The zero-order valence-electron chi connectivity index (χ0n) is 11.1. The second kappa shape index (κ2) is 7.78. The summed E-state index contributed by atoms with van der Waals surface area (Å²) in [5.74, 6) is 3.30. The van der Waals surface area contributed by atoms with E-state index in [9.17, 15) is 4.79 Å². The summed E-state index contributed by atoms with van der Waals surface area (Å²) < 4.78 is 3.01. The maximum absolute atomic E-state index is 10.8. The van der Waals surface area contributed by atoms with Crippen LogP contribution in [0.2, 0.25) is 0 Å². The number of thioether (sulfide) groups is 2. The standard InChI is InChI=1S/C14H13BrN2O2S2/c1-2-6-20-7-5-17-12-4-3-10(15)8-11(12)16-14(17)21-9-13(18)19/h1,3-4,8H,5-7,9H2,(H,18,19). The Labute approximate surface area is 139 Å². The minimum atomic E-state index is -0.846. The number of carbonyl (C=O) groups is 1. The Kier molecular flexibility index (Phi) is 6.03. The molecule has 2 rings (SSSR count). The third kappa shape index (κ3) is 4.43. The predicted molar refractivity (Wildman–Crippen MR) is 92.0 cm³/mol. The second-order valence-corrected chi connectivity index (χ2v) is 7.08. The van der Waals surface area contributed by atoms with Crippen molar-refractivity contribution in [1.29, 1.82) is 0 Å². The molecule has 0 saturated carbocycles. The molecule has 21 heavy (non-hydrogen) atoms. The molecule has 0 spiro atoms. The third-order valence-electron chi connectivity index (χ3n) is 2.64. The predicted octanol–water partition coefficient (Wildman–Crippen LogP) is 3.34. The van der Waals surface area contributed by atoms with Gasteiger partial charge in [-0.05, 0) is 18.2 Å². The van der Waals surface area contributed by atoms with Crippen LogP contribution in [0.4, 0.5) is 0 Å². The van der Waals surface area contributed by atoms with E-state index in [0.717, 1.165) is 33.0 Å². The van der Waals surface area contributed by atoms with E-state index < -0.39 is 5.97 Å². The van der Waals surface area contributed by atoms with E-state index in [1.165, 1.54) is 11.8 Å². The van der Waals surface area contributed by atoms with Gasteiger partial charge in [-0.2, -0.15) is 0 Å². The van der Waals surface area contributed by atoms with Gasteiger partial charge in [-0.3, -0.25) is 4.79 Å². The Bertz CT molecular complexity index is 694. The number of carboxylic acid groups (broad SMARTS) is 1. The van der Waals surface area contributed by atoms with Gasteiger partial charge in [0.05, 0.1) is 22.5 Å². The fourth-order valence-electron chi connectivity index (χ4n) is 1.82. The van der Waals surface area contributed by atoms with Crippen LogP contribution >= 0.6 is 39.5 Å². The third-order valence-corrected chi connectivity index (χ3v) is 4.94. The molecule has 0 amide bonds. The largest absolute Gasteiger partial charge is 0.481 e. The van der Waals surface area contributed by atoms with Crippen molar-refractivity contribution >= 4 is 56.5 Å². The van der Waals surface area contributed by atoms with Gasteiger partial charge in [0, 0.05) is 16.8 Å². The van der Waals surface area contributed by atoms with Crippen LogP contribution in [-0.4, -0.2) is 37.9 Å². The molecule has 1 N–H and O–H groups in total. The molecule has 0 radical (unpaired) electrons. The first-order valence-electron chi connectivity index (χ1n) is 6.13. The molecule has 0 aliphatic rings. The number of aliphatic carboxylic acids is 1. The highest BCUT2D eigenvalue weighted by atomic mass is 79.9. The Morgan fingerprint density at radius 2 is 2.33 bits per heavy atom. The molecule has 7 heteroatoms. The molecule has 0 unspecified atom stereocenters. The van der Waals surface area contributed by atoms with E-state index in [2.05, 4.69) is 31.4 Å². The van der Waals surface area contributed by atoms with Crippen LogP contribution in [0.25, 0.3) is 11.0 Å². The number of terminal acetylenes is 1. The molecule has 1 heterocycles. The SMILES string of the molecule is C#CCSCCn1c(SCC(=O)O)nc2cc(Br)ccc21. The molecule has 0 fully saturated rings. The van der Waals surface area contributed by atoms with Gasteiger partial charge in [0.2, 0.25) is 0 Å². The van der Waals surface area contributed by atoms with Crippen LogP contribution in [0.3, 0.4) is 0 Å². The molecular weight excluding hydrogens is 372 g/mol. The van der Waals surface area contributed by atoms with Crippen molar-refractivity contribution in [2.45, 2.75) is 11.7 Å². The summed E-state index contributed by atoms with van der Waals surface area (Å²) >= 11 is 6.34. The Morgan fingerprint density at radius 3 is 3.05 bits per heavy atom. The Balaban J connectivity index is 2.26. The molecule has 1 aromatic heterocycles. The highest BCUT2D eigenvalue weighted by molar-refractivity contribution is 9.10. The number of rotatable bonds is 7. The number of aromatic nitrogens is 2. The van der Waals surface area contributed by atoms with Gasteiger partial charge in [-0.15, -0.1) is 18.2 Å². The quantitative estimate of drug-likeness (QED) is 0.450. The molecule has 4 nitrogen and oxygen atoms in total. The second-order valence-electron chi connectivity index (χ2n) is 4.12. The molecule has 0 atom stereocenters. The minimum Gasteiger partial charge on any atom is -0.481 e. The summed E-state index contributed by atoms with van der Waals surface area (Å²) in [5.41, 5.74) is 1.87. The van der Waals surface area contributed by atoms with Gasteiger partial charge in [-0.25, -0.2) is 4.98 Å². The van der Waals surface area contributed by atoms with Gasteiger partial charge >= 0.3 is 5.97 Å². The van der Waals surface area contributed by atoms with Gasteiger partial charge in [0.15, 0.2) is 5.16 Å². The maximum Gasteiger partial charge on any atom is 0.313 e. The van der Waals surface area contributed by atoms with Gasteiger partial charge < -0.3 is 9.67 Å². The van der Waals surface area contributed by atoms with E-state index in [1.807, 2.05) is 18.2 Å². The van der Waals surface area contributed by atoms with E-state index in [0.29, 0.717) is 5.75 Å². The highest BCUT2D eigenvalue weighted by Gasteiger charge is 2.12. The van der Waals surface area contributed by atoms with Crippen LogP contribution in [0.15, 0.2) is 27.8 Å². The smallest absolute Gasteiger partial charge is 0.313 e. The molecule has 0 aliphatic carbocycles. The number of hydrogen-bond acceptors (Lipinski definition) is 4. The van der Waals surface area contributed by atoms with Crippen molar-refractivity contribution in [1.82, 2.24) is 9.55 Å². The maximum atomic E-state index is 10.8. The molecule has 1 aromatic carbocycles. The molecule has 0 bridgehead atoms. The summed E-state index contributed by atoms with van der Waals surface area (Å²) in [6.45, 7) is 0.756. The zero-order valence-corrected chi connectivity index (χ0v) is 14.3. The number of aryl methyl sites for hydroxylation is 1. The van der Waals surface area contributed by atoms with E-state index in [-0.39, 0.29) is 5.75 Å². The monoisotopic (exact) mass is 384 g/mol. The minimum absolute atomic E-state index is 0.00197. The normalized spacial score (nSPS) is 10.7. The summed E-state index contributed by atoms with van der Waals surface area (Å²) in [5, 5.41) is 9.57. The summed E-state index contributed by atoms with van der Waals surface area (Å²) in [7, 11) is 0. The van der Waals surface area contributed by atoms with Crippen molar-refractivity contribution in [2.24, 2.45) is 0 Å². The average Bonchev–Trinajstić information content (AvgIpc) is 2.78. The van der Waals surface area contributed by atoms with Crippen LogP contribution in [-0.2, 0) is 11.3 Å². The Morgan fingerprint density at radius 1 is 1.52 bits per heavy atom. The number of nitrogens with zero attached hydrogens (tertiary/aromatic N) is 2. The number of hydrogen-bond donors (Lipinski definition) is 1. The van der Waals surface area contributed by atoms with E-state index in [1.54, 1.807) is 11.8 Å². The average molecular weight is 385 g/mol. The summed E-state index contributed by atoms with van der Waals surface area (Å²) in [6.07, 6.45) is 5.24. The van der Waals surface area contributed by atoms with Crippen LogP contribution in [0.1, 0.15) is 0 Å². The first-order chi connectivity index (χ1) is 10.1. The highest BCUT2D eigenvalue weighted by Crippen LogP contribution is 2.26. The van der Waals surface area contributed by atoms with Crippen LogP contribution in [0, 0.1) is 12.3 Å². The van der Waals surface area contributed by atoms with Crippen molar-refractivity contribution in [3.63, 3.8) is 0 Å². The summed E-state index contributed by atoms with van der Waals surface area (Å²) in [6, 6.07) is 5.88.